The summed E-state index contributed by atoms with van der Waals surface area (Å²) < 4.78 is 18.9. The number of nitrogens with two attached hydrogens (primary N) is 1. The van der Waals surface area contributed by atoms with Crippen molar-refractivity contribution < 1.29 is 9.13 Å². The molecule has 0 heterocycles. The maximum atomic E-state index is 13.1. The highest BCUT2D eigenvalue weighted by Crippen LogP contribution is 2.19. The molecule has 0 aliphatic carbocycles. The van der Waals surface area contributed by atoms with Crippen LogP contribution in [0.1, 0.15) is 25.3 Å². The van der Waals surface area contributed by atoms with E-state index in [1.165, 1.54) is 6.07 Å². The molecule has 0 saturated carbocycles. The summed E-state index contributed by atoms with van der Waals surface area (Å²) in [6, 6.07) is 4.93. The number of benzene rings is 1. The van der Waals surface area contributed by atoms with Gasteiger partial charge in [0.25, 0.3) is 0 Å². The number of ether oxygens (including phenoxy) is 1. The van der Waals surface area contributed by atoms with Gasteiger partial charge >= 0.3 is 0 Å². The quantitative estimate of drug-likeness (QED) is 0.875. The Balaban J connectivity index is 2.66. The van der Waals surface area contributed by atoms with Crippen molar-refractivity contribution in [3.8, 4) is 0 Å². The molecule has 2 N–H and O–H groups in total. The minimum Gasteiger partial charge on any atom is -0.380 e. The van der Waals surface area contributed by atoms with Crippen LogP contribution in [0.5, 0.6) is 0 Å². The van der Waals surface area contributed by atoms with Gasteiger partial charge < -0.3 is 10.5 Å². The van der Waals surface area contributed by atoms with Gasteiger partial charge in [0.15, 0.2) is 0 Å². The summed E-state index contributed by atoms with van der Waals surface area (Å²) in [4.78, 5) is 0. The molecule has 0 saturated heterocycles. The summed E-state index contributed by atoms with van der Waals surface area (Å²) in [5.74, 6) is -0.251. The van der Waals surface area contributed by atoms with E-state index in [9.17, 15) is 4.39 Å². The van der Waals surface area contributed by atoms with Crippen LogP contribution in [0.2, 0.25) is 0 Å². The fourth-order valence-corrected chi connectivity index (χ4v) is 2.29. The van der Waals surface area contributed by atoms with E-state index in [0.717, 1.165) is 18.4 Å². The molecule has 0 bridgehead atoms. The predicted octanol–water partition coefficient (Wildman–Crippen LogP) is 3.27. The highest BCUT2D eigenvalue weighted by molar-refractivity contribution is 9.10. The van der Waals surface area contributed by atoms with Crippen molar-refractivity contribution in [2.45, 2.75) is 38.3 Å². The molecule has 0 aliphatic rings. The topological polar surface area (TPSA) is 35.2 Å². The molecular weight excluding hydrogens is 285 g/mol. The van der Waals surface area contributed by atoms with Crippen LogP contribution in [0.15, 0.2) is 22.7 Å². The largest absolute Gasteiger partial charge is 0.380 e. The van der Waals surface area contributed by atoms with Crippen molar-refractivity contribution in [2.75, 3.05) is 7.11 Å². The van der Waals surface area contributed by atoms with E-state index in [0.29, 0.717) is 10.9 Å². The highest BCUT2D eigenvalue weighted by atomic mass is 79.9. The van der Waals surface area contributed by atoms with Crippen LogP contribution in [-0.4, -0.2) is 19.3 Å². The van der Waals surface area contributed by atoms with E-state index in [-0.39, 0.29) is 18.0 Å². The molecule has 1 rings (SSSR count). The van der Waals surface area contributed by atoms with Gasteiger partial charge in [0.1, 0.15) is 5.82 Å². The second kappa shape index (κ2) is 7.09. The summed E-state index contributed by atoms with van der Waals surface area (Å²) in [6.45, 7) is 2.10. The number of hydrogen-bond acceptors (Lipinski definition) is 2. The average molecular weight is 304 g/mol. The summed E-state index contributed by atoms with van der Waals surface area (Å²) in [5.41, 5.74) is 7.12. The zero-order chi connectivity index (χ0) is 12.8. The Labute approximate surface area is 110 Å². The van der Waals surface area contributed by atoms with Crippen LogP contribution < -0.4 is 5.73 Å². The third kappa shape index (κ3) is 4.37. The molecule has 2 atom stereocenters. The molecule has 4 heteroatoms. The number of methoxy groups -OCH3 is 1. The van der Waals surface area contributed by atoms with Gasteiger partial charge in [-0.15, -0.1) is 0 Å². The van der Waals surface area contributed by atoms with Gasteiger partial charge in [-0.1, -0.05) is 19.4 Å². The standard InChI is InChI=1S/C13H19BrFNO/c1-3-4-13(17-2)12(16)8-9-5-6-11(15)10(14)7-9/h5-7,12-13H,3-4,8,16H2,1-2H3. The number of halogens is 2. The molecule has 17 heavy (non-hydrogen) atoms. The molecule has 1 aromatic carbocycles. The molecule has 0 spiro atoms. The summed E-state index contributed by atoms with van der Waals surface area (Å²) in [5, 5.41) is 0. The van der Waals surface area contributed by atoms with Crippen LogP contribution in [0.4, 0.5) is 4.39 Å². The molecule has 2 nitrogen and oxygen atoms in total. The molecule has 1 aromatic rings. The van der Waals surface area contributed by atoms with Gasteiger partial charge in [0.05, 0.1) is 10.6 Å². The normalized spacial score (nSPS) is 14.6. The molecule has 2 unspecified atom stereocenters. The third-order valence-electron chi connectivity index (χ3n) is 2.81. The second-order valence-electron chi connectivity index (χ2n) is 4.18. The van der Waals surface area contributed by atoms with E-state index in [1.54, 1.807) is 19.2 Å². The van der Waals surface area contributed by atoms with Crippen LogP contribution in [0, 0.1) is 5.82 Å². The first-order chi connectivity index (χ1) is 8.08. The number of hydrogen-bond donors (Lipinski definition) is 1. The third-order valence-corrected chi connectivity index (χ3v) is 3.42. The maximum absolute atomic E-state index is 13.1. The lowest BCUT2D eigenvalue weighted by molar-refractivity contribution is 0.0726. The van der Waals surface area contributed by atoms with Gasteiger partial charge in [-0.2, -0.15) is 0 Å². The zero-order valence-electron chi connectivity index (χ0n) is 10.2. The first-order valence-electron chi connectivity index (χ1n) is 5.80. The molecular formula is C13H19BrFNO. The Kier molecular flexibility index (Phi) is 6.09. The maximum Gasteiger partial charge on any atom is 0.137 e. The molecule has 0 aliphatic heterocycles. The Hall–Kier alpha value is -0.450. The monoisotopic (exact) mass is 303 g/mol. The molecule has 0 radical (unpaired) electrons. The van der Waals surface area contributed by atoms with E-state index >= 15 is 0 Å². The minimum atomic E-state index is -0.251. The first kappa shape index (κ1) is 14.6. The van der Waals surface area contributed by atoms with Gasteiger partial charge in [0.2, 0.25) is 0 Å². The van der Waals surface area contributed by atoms with Crippen LogP contribution >= 0.6 is 15.9 Å². The lowest BCUT2D eigenvalue weighted by Gasteiger charge is -2.22. The van der Waals surface area contributed by atoms with E-state index in [2.05, 4.69) is 22.9 Å². The van der Waals surface area contributed by atoms with Gasteiger partial charge in [0, 0.05) is 13.2 Å². The number of rotatable bonds is 6. The van der Waals surface area contributed by atoms with Crippen LogP contribution in [0.3, 0.4) is 0 Å². The van der Waals surface area contributed by atoms with Crippen molar-refractivity contribution in [1.29, 1.82) is 0 Å². The lowest BCUT2D eigenvalue weighted by atomic mass is 9.99. The van der Waals surface area contributed by atoms with Crippen molar-refractivity contribution >= 4 is 15.9 Å². The Bertz CT molecular complexity index is 359. The van der Waals surface area contributed by atoms with Gasteiger partial charge in [-0.3, -0.25) is 0 Å². The lowest BCUT2D eigenvalue weighted by Crippen LogP contribution is -2.37. The predicted molar refractivity (Wildman–Crippen MR) is 71.5 cm³/mol. The van der Waals surface area contributed by atoms with Gasteiger partial charge in [-0.05, 0) is 46.5 Å². The molecule has 0 amide bonds. The van der Waals surface area contributed by atoms with Crippen LogP contribution in [0.25, 0.3) is 0 Å². The SMILES string of the molecule is CCCC(OC)C(N)Cc1ccc(F)c(Br)c1. The summed E-state index contributed by atoms with van der Waals surface area (Å²) in [7, 11) is 1.68. The Morgan fingerprint density at radius 1 is 1.47 bits per heavy atom. The fraction of sp³-hybridized carbons (Fsp3) is 0.538. The van der Waals surface area contributed by atoms with Crippen LogP contribution in [-0.2, 0) is 11.2 Å². The first-order valence-corrected chi connectivity index (χ1v) is 6.60. The molecule has 0 aromatic heterocycles. The van der Waals surface area contributed by atoms with E-state index in [4.69, 9.17) is 10.5 Å². The summed E-state index contributed by atoms with van der Waals surface area (Å²) >= 11 is 3.17. The fourth-order valence-electron chi connectivity index (χ4n) is 1.86. The Morgan fingerprint density at radius 3 is 2.71 bits per heavy atom. The molecule has 0 fully saturated rings. The van der Waals surface area contributed by atoms with E-state index < -0.39 is 0 Å². The minimum absolute atomic E-state index is 0.0580. The van der Waals surface area contributed by atoms with E-state index in [1.807, 2.05) is 0 Å². The highest BCUT2D eigenvalue weighted by Gasteiger charge is 2.17. The van der Waals surface area contributed by atoms with Crippen molar-refractivity contribution in [3.63, 3.8) is 0 Å². The van der Waals surface area contributed by atoms with Crippen molar-refractivity contribution in [2.24, 2.45) is 5.73 Å². The van der Waals surface area contributed by atoms with Crippen molar-refractivity contribution in [3.05, 3.63) is 34.1 Å². The van der Waals surface area contributed by atoms with Gasteiger partial charge in [-0.25, -0.2) is 4.39 Å². The Morgan fingerprint density at radius 2 is 2.18 bits per heavy atom. The smallest absolute Gasteiger partial charge is 0.137 e. The van der Waals surface area contributed by atoms with Crippen molar-refractivity contribution in [1.82, 2.24) is 0 Å². The summed E-state index contributed by atoms with van der Waals surface area (Å²) in [6.07, 6.45) is 2.74. The zero-order valence-corrected chi connectivity index (χ0v) is 11.8. The second-order valence-corrected chi connectivity index (χ2v) is 5.03. The molecule has 96 valence electrons. The average Bonchev–Trinajstić information content (AvgIpc) is 2.30.